The van der Waals surface area contributed by atoms with E-state index in [1.807, 2.05) is 6.07 Å². The lowest BCUT2D eigenvalue weighted by atomic mass is 9.88. The highest BCUT2D eigenvalue weighted by molar-refractivity contribution is 9.10. The zero-order chi connectivity index (χ0) is 12.9. The maximum atomic E-state index is 8.58. The summed E-state index contributed by atoms with van der Waals surface area (Å²) in [7, 11) is 0. The van der Waals surface area contributed by atoms with Crippen LogP contribution in [0.4, 0.5) is 5.69 Å². The van der Waals surface area contributed by atoms with E-state index in [9.17, 15) is 0 Å². The molecule has 5 heteroatoms. The Morgan fingerprint density at radius 1 is 1.59 bits per heavy atom. The molecule has 3 nitrogen and oxygen atoms in total. The highest BCUT2D eigenvalue weighted by Crippen LogP contribution is 2.26. The first-order valence-electron chi connectivity index (χ1n) is 5.36. The number of hydrogen-bond acceptors (Lipinski definition) is 3. The van der Waals surface area contributed by atoms with E-state index in [-0.39, 0.29) is 5.41 Å². The predicted octanol–water partition coefficient (Wildman–Crippen LogP) is 4.24. The average Bonchev–Trinajstić information content (AvgIpc) is 2.28. The quantitative estimate of drug-likeness (QED) is 0.827. The zero-order valence-electron chi connectivity index (χ0n) is 9.93. The molecular weight excluding hydrogens is 302 g/mol. The van der Waals surface area contributed by atoms with Crippen LogP contribution in [0.25, 0.3) is 0 Å². The van der Waals surface area contributed by atoms with Crippen LogP contribution in [0.1, 0.15) is 26.7 Å². The van der Waals surface area contributed by atoms with Crippen LogP contribution in [0, 0.1) is 16.7 Å². The van der Waals surface area contributed by atoms with Crippen molar-refractivity contribution < 1.29 is 0 Å². The fourth-order valence-electron chi connectivity index (χ4n) is 1.34. The van der Waals surface area contributed by atoms with Crippen molar-refractivity contribution in [1.29, 1.82) is 5.26 Å². The van der Waals surface area contributed by atoms with Crippen molar-refractivity contribution in [1.82, 2.24) is 4.98 Å². The van der Waals surface area contributed by atoms with E-state index in [1.54, 1.807) is 6.20 Å². The van der Waals surface area contributed by atoms with Gasteiger partial charge in [0.1, 0.15) is 5.15 Å². The number of hydrogen-bond donors (Lipinski definition) is 1. The Balaban J connectivity index is 2.55. The summed E-state index contributed by atoms with van der Waals surface area (Å²) in [5.74, 6) is 0. The third-order valence-corrected chi connectivity index (χ3v) is 3.61. The van der Waals surface area contributed by atoms with Gasteiger partial charge in [-0.15, -0.1) is 0 Å². The molecule has 0 radical (unpaired) electrons. The highest BCUT2D eigenvalue weighted by Gasteiger charge is 2.17. The van der Waals surface area contributed by atoms with E-state index in [0.717, 1.165) is 23.1 Å². The van der Waals surface area contributed by atoms with E-state index < -0.39 is 0 Å². The molecule has 1 rings (SSSR count). The van der Waals surface area contributed by atoms with Crippen molar-refractivity contribution in [3.05, 3.63) is 21.9 Å². The third-order valence-electron chi connectivity index (χ3n) is 2.48. The SMILES string of the molecule is CC(C)(CCC#N)CNc1cnc(Cl)c(Br)c1. The molecule has 0 aliphatic rings. The molecule has 1 N–H and O–H groups in total. The summed E-state index contributed by atoms with van der Waals surface area (Å²) >= 11 is 9.15. The summed E-state index contributed by atoms with van der Waals surface area (Å²) in [5.41, 5.74) is 1.01. The summed E-state index contributed by atoms with van der Waals surface area (Å²) in [6, 6.07) is 4.07. The molecule has 0 spiro atoms. The van der Waals surface area contributed by atoms with Gasteiger partial charge in [0.15, 0.2) is 0 Å². The second-order valence-corrected chi connectivity index (χ2v) is 5.88. The van der Waals surface area contributed by atoms with Crippen molar-refractivity contribution in [3.63, 3.8) is 0 Å². The normalized spacial score (nSPS) is 11.0. The molecule has 0 aliphatic heterocycles. The van der Waals surface area contributed by atoms with E-state index in [4.69, 9.17) is 16.9 Å². The molecule has 1 aromatic heterocycles. The Morgan fingerprint density at radius 3 is 2.88 bits per heavy atom. The number of aromatic nitrogens is 1. The summed E-state index contributed by atoms with van der Waals surface area (Å²) < 4.78 is 0.777. The van der Waals surface area contributed by atoms with E-state index in [0.29, 0.717) is 11.6 Å². The van der Waals surface area contributed by atoms with Gasteiger partial charge >= 0.3 is 0 Å². The van der Waals surface area contributed by atoms with Crippen LogP contribution in [0.15, 0.2) is 16.7 Å². The molecule has 0 saturated carbocycles. The standard InChI is InChI=1S/C12H15BrClN3/c1-12(2,4-3-5-15)8-17-9-6-10(13)11(14)16-7-9/h6-7,17H,3-4,8H2,1-2H3. The maximum absolute atomic E-state index is 8.58. The van der Waals surface area contributed by atoms with E-state index in [2.05, 4.69) is 46.1 Å². The highest BCUT2D eigenvalue weighted by atomic mass is 79.9. The monoisotopic (exact) mass is 315 g/mol. The van der Waals surface area contributed by atoms with Gasteiger partial charge in [-0.2, -0.15) is 5.26 Å². The summed E-state index contributed by atoms with van der Waals surface area (Å²) in [6.07, 6.45) is 3.16. The molecule has 0 unspecified atom stereocenters. The molecule has 1 heterocycles. The molecule has 0 amide bonds. The predicted molar refractivity (Wildman–Crippen MR) is 74.1 cm³/mol. The van der Waals surface area contributed by atoms with Crippen molar-refractivity contribution >= 4 is 33.2 Å². The molecule has 0 atom stereocenters. The Kier molecular flexibility index (Phi) is 5.23. The van der Waals surface area contributed by atoms with Gasteiger partial charge in [0.2, 0.25) is 0 Å². The van der Waals surface area contributed by atoms with Crippen LogP contribution in [0.3, 0.4) is 0 Å². The Bertz CT molecular complexity index is 426. The van der Waals surface area contributed by atoms with Crippen LogP contribution in [-0.4, -0.2) is 11.5 Å². The molecular formula is C12H15BrClN3. The van der Waals surface area contributed by atoms with Crippen LogP contribution < -0.4 is 5.32 Å². The first-order valence-corrected chi connectivity index (χ1v) is 6.53. The van der Waals surface area contributed by atoms with Crippen LogP contribution >= 0.6 is 27.5 Å². The van der Waals surface area contributed by atoms with Gasteiger partial charge in [0, 0.05) is 13.0 Å². The van der Waals surface area contributed by atoms with Crippen LogP contribution in [0.2, 0.25) is 5.15 Å². The number of nitrogens with zero attached hydrogens (tertiary/aromatic N) is 2. The van der Waals surface area contributed by atoms with Gasteiger partial charge in [0.05, 0.1) is 22.4 Å². The molecule has 0 bridgehead atoms. The van der Waals surface area contributed by atoms with Gasteiger partial charge in [-0.3, -0.25) is 0 Å². The number of nitrogens with one attached hydrogen (secondary N) is 1. The second kappa shape index (κ2) is 6.23. The molecule has 0 aromatic carbocycles. The summed E-state index contributed by atoms with van der Waals surface area (Å²) in [5, 5.41) is 12.3. The number of pyridine rings is 1. The van der Waals surface area contributed by atoms with Gasteiger partial charge in [-0.25, -0.2) is 4.98 Å². The fraction of sp³-hybridized carbons (Fsp3) is 0.500. The van der Waals surface area contributed by atoms with Gasteiger partial charge < -0.3 is 5.32 Å². The zero-order valence-corrected chi connectivity index (χ0v) is 12.3. The lowest BCUT2D eigenvalue weighted by Gasteiger charge is -2.24. The minimum absolute atomic E-state index is 0.0852. The number of anilines is 1. The molecule has 0 aliphatic carbocycles. The Labute approximate surface area is 115 Å². The van der Waals surface area contributed by atoms with Crippen molar-refractivity contribution in [2.45, 2.75) is 26.7 Å². The van der Waals surface area contributed by atoms with E-state index in [1.165, 1.54) is 0 Å². The maximum Gasteiger partial charge on any atom is 0.143 e. The molecule has 0 fully saturated rings. The second-order valence-electron chi connectivity index (χ2n) is 4.67. The van der Waals surface area contributed by atoms with Crippen LogP contribution in [0.5, 0.6) is 0 Å². The van der Waals surface area contributed by atoms with Crippen molar-refractivity contribution in [3.8, 4) is 6.07 Å². The molecule has 17 heavy (non-hydrogen) atoms. The number of halogens is 2. The fourth-order valence-corrected chi connectivity index (χ4v) is 1.79. The topological polar surface area (TPSA) is 48.7 Å². The van der Waals surface area contributed by atoms with Crippen molar-refractivity contribution in [2.75, 3.05) is 11.9 Å². The van der Waals surface area contributed by atoms with E-state index >= 15 is 0 Å². The van der Waals surface area contributed by atoms with Crippen LogP contribution in [-0.2, 0) is 0 Å². The molecule has 92 valence electrons. The minimum atomic E-state index is 0.0852. The average molecular weight is 317 g/mol. The summed E-state index contributed by atoms with van der Waals surface area (Å²) in [4.78, 5) is 4.05. The number of rotatable bonds is 5. The molecule has 1 aromatic rings. The lowest BCUT2D eigenvalue weighted by Crippen LogP contribution is -2.22. The summed E-state index contributed by atoms with van der Waals surface area (Å²) in [6.45, 7) is 5.07. The first kappa shape index (κ1) is 14.3. The first-order chi connectivity index (χ1) is 7.94. The Hall–Kier alpha value is -0.790. The largest absolute Gasteiger partial charge is 0.383 e. The van der Waals surface area contributed by atoms with Gasteiger partial charge in [0.25, 0.3) is 0 Å². The van der Waals surface area contributed by atoms with Gasteiger partial charge in [-0.05, 0) is 33.8 Å². The third kappa shape index (κ3) is 4.93. The Morgan fingerprint density at radius 2 is 2.29 bits per heavy atom. The number of nitriles is 1. The van der Waals surface area contributed by atoms with Crippen molar-refractivity contribution in [2.24, 2.45) is 5.41 Å². The smallest absolute Gasteiger partial charge is 0.143 e. The molecule has 0 saturated heterocycles. The van der Waals surface area contributed by atoms with Gasteiger partial charge in [-0.1, -0.05) is 25.4 Å². The minimum Gasteiger partial charge on any atom is -0.383 e. The lowest BCUT2D eigenvalue weighted by molar-refractivity contribution is 0.364.